The fourth-order valence-corrected chi connectivity index (χ4v) is 11.1. The molecule has 2 aliphatic carbocycles. The molecule has 0 fully saturated rings. The van der Waals surface area contributed by atoms with Gasteiger partial charge in [0.15, 0.2) is 0 Å². The van der Waals surface area contributed by atoms with Crippen molar-refractivity contribution >= 4 is 17.1 Å². The molecule has 0 saturated carbocycles. The lowest BCUT2D eigenvalue weighted by Crippen LogP contribution is -2.44. The Morgan fingerprint density at radius 3 is 1.19 bits per heavy atom. The number of hydrogen-bond acceptors (Lipinski definition) is 1. The van der Waals surface area contributed by atoms with Crippen molar-refractivity contribution in [1.29, 1.82) is 0 Å². The van der Waals surface area contributed by atoms with Gasteiger partial charge in [-0.3, -0.25) is 0 Å². The molecule has 10 aromatic carbocycles. The van der Waals surface area contributed by atoms with Gasteiger partial charge < -0.3 is 4.90 Å². The maximum atomic E-state index is 2.45. The lowest BCUT2D eigenvalue weighted by Gasteiger charge is -2.50. The summed E-state index contributed by atoms with van der Waals surface area (Å²) in [6, 6.07) is 96.5. The summed E-state index contributed by atoms with van der Waals surface area (Å²) >= 11 is 0. The van der Waals surface area contributed by atoms with Gasteiger partial charge in [0.25, 0.3) is 0 Å². The summed E-state index contributed by atoms with van der Waals surface area (Å²) in [6.07, 6.45) is 0. The first-order valence-corrected chi connectivity index (χ1v) is 21.9. The fourth-order valence-electron chi connectivity index (χ4n) is 11.1. The molecule has 1 heteroatoms. The minimum atomic E-state index is -0.555. The summed E-state index contributed by atoms with van der Waals surface area (Å²) in [5, 5.41) is 0. The molecular formula is C62H43N. The number of fused-ring (bicyclic) bond motifs is 9. The van der Waals surface area contributed by atoms with Gasteiger partial charge in [-0.2, -0.15) is 0 Å². The normalized spacial score (nSPS) is 13.7. The van der Waals surface area contributed by atoms with E-state index in [9.17, 15) is 0 Å². The van der Waals surface area contributed by atoms with Gasteiger partial charge in [0.2, 0.25) is 0 Å². The van der Waals surface area contributed by atoms with Gasteiger partial charge in [-0.25, -0.2) is 0 Å². The molecule has 63 heavy (non-hydrogen) atoms. The molecule has 0 amide bonds. The largest absolute Gasteiger partial charge is 0.310 e. The second kappa shape index (κ2) is 14.9. The first-order valence-electron chi connectivity index (χ1n) is 21.9. The first-order chi connectivity index (χ1) is 31.3. The predicted molar refractivity (Wildman–Crippen MR) is 261 cm³/mol. The van der Waals surface area contributed by atoms with Crippen molar-refractivity contribution in [2.24, 2.45) is 0 Å². The van der Waals surface area contributed by atoms with Crippen LogP contribution in [0.25, 0.3) is 33.4 Å². The highest BCUT2D eigenvalue weighted by molar-refractivity contribution is 5.93. The average molecular weight is 802 g/mol. The van der Waals surface area contributed by atoms with E-state index in [2.05, 4.69) is 266 Å². The van der Waals surface area contributed by atoms with Crippen LogP contribution in [0.15, 0.2) is 261 Å². The highest BCUT2D eigenvalue weighted by Crippen LogP contribution is 2.65. The van der Waals surface area contributed by atoms with E-state index in [0.29, 0.717) is 0 Å². The van der Waals surface area contributed by atoms with Crippen LogP contribution in [0.3, 0.4) is 0 Å². The Bertz CT molecular complexity index is 3170. The van der Waals surface area contributed by atoms with Gasteiger partial charge in [-0.15, -0.1) is 0 Å². The van der Waals surface area contributed by atoms with Crippen molar-refractivity contribution < 1.29 is 0 Å². The molecular weight excluding hydrogens is 759 g/mol. The monoisotopic (exact) mass is 801 g/mol. The molecule has 1 nitrogen and oxygen atoms in total. The number of hydrogen-bond donors (Lipinski definition) is 0. The van der Waals surface area contributed by atoms with Crippen LogP contribution in [0.5, 0.6) is 0 Å². The van der Waals surface area contributed by atoms with Crippen molar-refractivity contribution in [2.75, 3.05) is 4.90 Å². The molecule has 2 aliphatic rings. The topological polar surface area (TPSA) is 3.24 Å². The van der Waals surface area contributed by atoms with Crippen molar-refractivity contribution in [3.8, 4) is 33.4 Å². The summed E-state index contributed by atoms with van der Waals surface area (Å²) in [5.41, 5.74) is 19.9. The van der Waals surface area contributed by atoms with Crippen LogP contribution >= 0.6 is 0 Å². The quantitative estimate of drug-likeness (QED) is 0.155. The minimum Gasteiger partial charge on any atom is -0.310 e. The number of nitrogens with zero attached hydrogens (tertiary/aromatic N) is 1. The van der Waals surface area contributed by atoms with Gasteiger partial charge in [-0.1, -0.05) is 224 Å². The Kier molecular flexibility index (Phi) is 8.69. The molecule has 12 rings (SSSR count). The molecule has 0 aromatic heterocycles. The van der Waals surface area contributed by atoms with Crippen LogP contribution in [0, 0.1) is 0 Å². The molecule has 0 heterocycles. The minimum absolute atomic E-state index is 0.537. The van der Waals surface area contributed by atoms with E-state index in [1.54, 1.807) is 0 Å². The van der Waals surface area contributed by atoms with Crippen molar-refractivity contribution in [1.82, 2.24) is 0 Å². The molecule has 0 aliphatic heterocycles. The number of rotatable bonds is 7. The van der Waals surface area contributed by atoms with E-state index in [1.165, 1.54) is 77.9 Å². The maximum absolute atomic E-state index is 2.45. The van der Waals surface area contributed by atoms with Crippen LogP contribution in [0.2, 0.25) is 0 Å². The molecule has 0 atom stereocenters. The predicted octanol–water partition coefficient (Wildman–Crippen LogP) is 15.5. The summed E-state index contributed by atoms with van der Waals surface area (Å²) in [7, 11) is 0. The molecule has 0 radical (unpaired) electrons. The van der Waals surface area contributed by atoms with Crippen LogP contribution in [-0.2, 0) is 10.8 Å². The van der Waals surface area contributed by atoms with Gasteiger partial charge in [0.05, 0.1) is 10.8 Å². The Hall–Kier alpha value is -8.00. The number of benzene rings is 10. The van der Waals surface area contributed by atoms with E-state index < -0.39 is 10.8 Å². The smallest absolute Gasteiger partial charge is 0.0720 e. The highest BCUT2D eigenvalue weighted by Gasteiger charge is 2.56. The van der Waals surface area contributed by atoms with Crippen molar-refractivity contribution in [3.05, 3.63) is 305 Å². The van der Waals surface area contributed by atoms with E-state index in [4.69, 9.17) is 0 Å². The standard InChI is InChI=1S/C62H43N/c1-5-20-44(21-6-1)46-36-38-50(39-37-46)63(51-29-19-24-47(42-51)45-22-7-2-8-23-45)52-40-41-56-54(43-52)53-30-13-14-31-55(53)62(56)59-34-17-15-32-57(59)61(48-25-9-3-10-26-48,49-27-11-4-12-28-49)58-33-16-18-35-60(58)62/h1-43H. The first kappa shape index (κ1) is 36.8. The Morgan fingerprint density at radius 1 is 0.222 bits per heavy atom. The van der Waals surface area contributed by atoms with Crippen LogP contribution in [0.4, 0.5) is 17.1 Å². The molecule has 0 unspecified atom stereocenters. The van der Waals surface area contributed by atoms with Crippen molar-refractivity contribution in [2.45, 2.75) is 10.8 Å². The lowest BCUT2D eigenvalue weighted by molar-refractivity contribution is 0.623. The Balaban J connectivity index is 1.10. The second-order valence-electron chi connectivity index (χ2n) is 16.8. The van der Waals surface area contributed by atoms with Gasteiger partial charge in [0.1, 0.15) is 0 Å². The molecule has 0 saturated heterocycles. The zero-order valence-corrected chi connectivity index (χ0v) is 34.8. The van der Waals surface area contributed by atoms with E-state index in [0.717, 1.165) is 17.1 Å². The average Bonchev–Trinajstić information content (AvgIpc) is 3.66. The van der Waals surface area contributed by atoms with Crippen LogP contribution < -0.4 is 4.90 Å². The Labute approximate surface area is 369 Å². The fraction of sp³-hybridized carbons (Fsp3) is 0.0323. The third-order valence-corrected chi connectivity index (χ3v) is 13.6. The van der Waals surface area contributed by atoms with Crippen LogP contribution in [0.1, 0.15) is 44.5 Å². The maximum Gasteiger partial charge on any atom is 0.0720 e. The molecule has 0 N–H and O–H groups in total. The zero-order valence-electron chi connectivity index (χ0n) is 34.8. The Morgan fingerprint density at radius 2 is 0.619 bits per heavy atom. The molecule has 0 bridgehead atoms. The van der Waals surface area contributed by atoms with Gasteiger partial charge in [0, 0.05) is 17.1 Å². The summed E-state index contributed by atoms with van der Waals surface area (Å²) in [6.45, 7) is 0. The van der Waals surface area contributed by atoms with Crippen molar-refractivity contribution in [3.63, 3.8) is 0 Å². The van der Waals surface area contributed by atoms with E-state index >= 15 is 0 Å². The van der Waals surface area contributed by atoms with Crippen LogP contribution in [-0.4, -0.2) is 0 Å². The molecule has 1 spiro atoms. The summed E-state index contributed by atoms with van der Waals surface area (Å²) in [4.78, 5) is 2.42. The SMILES string of the molecule is c1ccc(-c2ccc(N(c3cccc(-c4ccccc4)c3)c3ccc4c(c3)-c3ccccc3C43c4ccccc4C(c4ccccc4)(c4ccccc4)c4ccccc43)cc2)cc1. The third-order valence-electron chi connectivity index (χ3n) is 13.6. The summed E-state index contributed by atoms with van der Waals surface area (Å²) in [5.74, 6) is 0. The second-order valence-corrected chi connectivity index (χ2v) is 16.8. The summed E-state index contributed by atoms with van der Waals surface area (Å²) < 4.78 is 0. The van der Waals surface area contributed by atoms with Gasteiger partial charge >= 0.3 is 0 Å². The number of anilines is 3. The molecule has 296 valence electrons. The lowest BCUT2D eigenvalue weighted by atomic mass is 9.51. The molecule has 10 aromatic rings. The highest BCUT2D eigenvalue weighted by atomic mass is 15.1. The third kappa shape index (κ3) is 5.56. The van der Waals surface area contributed by atoms with Gasteiger partial charge in [-0.05, 0) is 114 Å². The van der Waals surface area contributed by atoms with E-state index in [-0.39, 0.29) is 0 Å². The zero-order chi connectivity index (χ0) is 41.8. The van der Waals surface area contributed by atoms with E-state index in [1.807, 2.05) is 0 Å².